The maximum absolute atomic E-state index is 12.0. The van der Waals surface area contributed by atoms with E-state index < -0.39 is 6.36 Å². The molecule has 1 atom stereocenters. The van der Waals surface area contributed by atoms with Gasteiger partial charge in [0.15, 0.2) is 0 Å². The number of rotatable bonds is 6. The first kappa shape index (κ1) is 19.6. The van der Waals surface area contributed by atoms with Crippen LogP contribution in [-0.4, -0.2) is 31.9 Å². The van der Waals surface area contributed by atoms with Crippen LogP contribution in [-0.2, 0) is 11.2 Å². The molecule has 1 saturated heterocycles. The standard InChI is InChI=1S/C15H19F3N2O2.ClH/c16-15(17,18)22-13-3-1-11(2-4-13)9-14(21)20-8-6-12-5-7-19-10-12;/h1-4,12,19H,5-10H2,(H,20,21);1H. The van der Waals surface area contributed by atoms with E-state index in [1.165, 1.54) is 24.3 Å². The first-order valence-electron chi connectivity index (χ1n) is 7.24. The summed E-state index contributed by atoms with van der Waals surface area (Å²) in [6.07, 6.45) is -2.48. The van der Waals surface area contributed by atoms with Gasteiger partial charge < -0.3 is 15.4 Å². The Kier molecular flexibility index (Phi) is 7.64. The Labute approximate surface area is 139 Å². The lowest BCUT2D eigenvalue weighted by atomic mass is 10.1. The van der Waals surface area contributed by atoms with Gasteiger partial charge in [-0.3, -0.25) is 4.79 Å². The van der Waals surface area contributed by atoms with Crippen LogP contribution in [0.25, 0.3) is 0 Å². The highest BCUT2D eigenvalue weighted by atomic mass is 35.5. The lowest BCUT2D eigenvalue weighted by Gasteiger charge is -2.10. The Bertz CT molecular complexity index is 488. The molecule has 1 amide bonds. The molecule has 4 nitrogen and oxygen atoms in total. The number of amides is 1. The molecular formula is C15H20ClF3N2O2. The smallest absolute Gasteiger partial charge is 0.406 e. The normalized spacial score (nSPS) is 17.4. The molecule has 23 heavy (non-hydrogen) atoms. The second-order valence-corrected chi connectivity index (χ2v) is 5.37. The molecule has 0 aromatic heterocycles. The minimum atomic E-state index is -4.70. The van der Waals surface area contributed by atoms with Crippen LogP contribution in [0.4, 0.5) is 13.2 Å². The molecule has 1 heterocycles. The van der Waals surface area contributed by atoms with E-state index in [-0.39, 0.29) is 30.5 Å². The minimum Gasteiger partial charge on any atom is -0.406 e. The Morgan fingerprint density at radius 2 is 2.00 bits per heavy atom. The zero-order valence-electron chi connectivity index (χ0n) is 12.5. The summed E-state index contributed by atoms with van der Waals surface area (Å²) < 4.78 is 39.9. The lowest BCUT2D eigenvalue weighted by Crippen LogP contribution is -2.27. The topological polar surface area (TPSA) is 50.4 Å². The maximum atomic E-state index is 12.0. The van der Waals surface area contributed by atoms with Gasteiger partial charge in [-0.2, -0.15) is 0 Å². The zero-order chi connectivity index (χ0) is 16.0. The highest BCUT2D eigenvalue weighted by Crippen LogP contribution is 2.22. The van der Waals surface area contributed by atoms with Crippen molar-refractivity contribution in [2.24, 2.45) is 5.92 Å². The van der Waals surface area contributed by atoms with Crippen molar-refractivity contribution >= 4 is 18.3 Å². The number of halogens is 4. The molecule has 0 spiro atoms. The van der Waals surface area contributed by atoms with Crippen molar-refractivity contribution in [1.82, 2.24) is 10.6 Å². The zero-order valence-corrected chi connectivity index (χ0v) is 13.3. The van der Waals surface area contributed by atoms with E-state index in [0.29, 0.717) is 18.0 Å². The Balaban J connectivity index is 0.00000264. The molecule has 0 saturated carbocycles. The molecule has 2 rings (SSSR count). The van der Waals surface area contributed by atoms with Crippen LogP contribution in [0.3, 0.4) is 0 Å². The molecule has 8 heteroatoms. The van der Waals surface area contributed by atoms with Gasteiger partial charge in [-0.05, 0) is 49.5 Å². The second kappa shape index (κ2) is 8.98. The molecule has 0 bridgehead atoms. The maximum Gasteiger partial charge on any atom is 0.573 e. The van der Waals surface area contributed by atoms with Crippen LogP contribution in [0.1, 0.15) is 18.4 Å². The Morgan fingerprint density at radius 3 is 2.57 bits per heavy atom. The van der Waals surface area contributed by atoms with Gasteiger partial charge in [0.1, 0.15) is 5.75 Å². The fourth-order valence-corrected chi connectivity index (χ4v) is 2.43. The van der Waals surface area contributed by atoms with Crippen LogP contribution in [0, 0.1) is 5.92 Å². The van der Waals surface area contributed by atoms with Crippen molar-refractivity contribution in [3.8, 4) is 5.75 Å². The third-order valence-electron chi connectivity index (χ3n) is 3.56. The average molecular weight is 353 g/mol. The van der Waals surface area contributed by atoms with Gasteiger partial charge >= 0.3 is 6.36 Å². The molecule has 2 N–H and O–H groups in total. The predicted molar refractivity (Wildman–Crippen MR) is 82.7 cm³/mol. The van der Waals surface area contributed by atoms with Crippen molar-refractivity contribution in [2.45, 2.75) is 25.6 Å². The first-order chi connectivity index (χ1) is 10.4. The minimum absolute atomic E-state index is 0. The van der Waals surface area contributed by atoms with E-state index in [0.717, 1.165) is 25.9 Å². The highest BCUT2D eigenvalue weighted by molar-refractivity contribution is 5.85. The fourth-order valence-electron chi connectivity index (χ4n) is 2.43. The number of hydrogen-bond acceptors (Lipinski definition) is 3. The number of carbonyl (C=O) groups is 1. The molecular weight excluding hydrogens is 333 g/mol. The van der Waals surface area contributed by atoms with Crippen LogP contribution in [0.15, 0.2) is 24.3 Å². The average Bonchev–Trinajstić information content (AvgIpc) is 2.92. The largest absolute Gasteiger partial charge is 0.573 e. The summed E-state index contributed by atoms with van der Waals surface area (Å²) in [5.41, 5.74) is 0.648. The summed E-state index contributed by atoms with van der Waals surface area (Å²) in [5, 5.41) is 6.10. The summed E-state index contributed by atoms with van der Waals surface area (Å²) in [7, 11) is 0. The fraction of sp³-hybridized carbons (Fsp3) is 0.533. The molecule has 1 aliphatic rings. The SMILES string of the molecule is Cl.O=C(Cc1ccc(OC(F)(F)F)cc1)NCCC1CCNC1. The van der Waals surface area contributed by atoms with E-state index in [1.54, 1.807) is 0 Å². The quantitative estimate of drug-likeness (QED) is 0.827. The molecule has 1 unspecified atom stereocenters. The van der Waals surface area contributed by atoms with Crippen molar-refractivity contribution in [3.05, 3.63) is 29.8 Å². The van der Waals surface area contributed by atoms with Crippen LogP contribution < -0.4 is 15.4 Å². The van der Waals surface area contributed by atoms with Gasteiger partial charge in [-0.1, -0.05) is 12.1 Å². The third-order valence-corrected chi connectivity index (χ3v) is 3.56. The summed E-state index contributed by atoms with van der Waals surface area (Å²) >= 11 is 0. The van der Waals surface area contributed by atoms with Gasteiger partial charge in [-0.15, -0.1) is 25.6 Å². The van der Waals surface area contributed by atoms with Gasteiger partial charge in [0, 0.05) is 6.54 Å². The van der Waals surface area contributed by atoms with Crippen LogP contribution in [0.2, 0.25) is 0 Å². The lowest BCUT2D eigenvalue weighted by molar-refractivity contribution is -0.274. The number of carbonyl (C=O) groups excluding carboxylic acids is 1. The second-order valence-electron chi connectivity index (χ2n) is 5.37. The molecule has 1 fully saturated rings. The monoisotopic (exact) mass is 352 g/mol. The van der Waals surface area contributed by atoms with Crippen LogP contribution in [0.5, 0.6) is 5.75 Å². The van der Waals surface area contributed by atoms with E-state index in [1.807, 2.05) is 0 Å². The number of benzene rings is 1. The van der Waals surface area contributed by atoms with Crippen molar-refractivity contribution < 1.29 is 22.7 Å². The molecule has 130 valence electrons. The van der Waals surface area contributed by atoms with Gasteiger partial charge in [0.05, 0.1) is 6.42 Å². The number of alkyl halides is 3. The predicted octanol–water partition coefficient (Wildman–Crippen LogP) is 2.67. The van der Waals surface area contributed by atoms with Crippen molar-refractivity contribution in [2.75, 3.05) is 19.6 Å². The highest BCUT2D eigenvalue weighted by Gasteiger charge is 2.30. The summed E-state index contributed by atoms with van der Waals surface area (Å²) in [6.45, 7) is 2.65. The first-order valence-corrected chi connectivity index (χ1v) is 7.24. The van der Waals surface area contributed by atoms with Crippen molar-refractivity contribution in [1.29, 1.82) is 0 Å². The van der Waals surface area contributed by atoms with Gasteiger partial charge in [0.25, 0.3) is 0 Å². The summed E-state index contributed by atoms with van der Waals surface area (Å²) in [4.78, 5) is 11.8. The molecule has 1 aromatic carbocycles. The molecule has 1 aromatic rings. The van der Waals surface area contributed by atoms with Crippen LogP contribution >= 0.6 is 12.4 Å². The van der Waals surface area contributed by atoms with E-state index >= 15 is 0 Å². The Morgan fingerprint density at radius 1 is 1.30 bits per heavy atom. The van der Waals surface area contributed by atoms with Gasteiger partial charge in [-0.25, -0.2) is 0 Å². The Hall–Kier alpha value is -1.47. The summed E-state index contributed by atoms with van der Waals surface area (Å²) in [5.74, 6) is 0.194. The number of hydrogen-bond donors (Lipinski definition) is 2. The van der Waals surface area contributed by atoms with E-state index in [4.69, 9.17) is 0 Å². The number of nitrogens with one attached hydrogen (secondary N) is 2. The van der Waals surface area contributed by atoms with E-state index in [9.17, 15) is 18.0 Å². The third kappa shape index (κ3) is 7.56. The molecule has 0 radical (unpaired) electrons. The van der Waals surface area contributed by atoms with Crippen molar-refractivity contribution in [3.63, 3.8) is 0 Å². The van der Waals surface area contributed by atoms with Gasteiger partial charge in [0.2, 0.25) is 5.91 Å². The molecule has 1 aliphatic heterocycles. The molecule has 0 aliphatic carbocycles. The number of ether oxygens (including phenoxy) is 1. The summed E-state index contributed by atoms with van der Waals surface area (Å²) in [6, 6.07) is 5.34. The van der Waals surface area contributed by atoms with E-state index in [2.05, 4.69) is 15.4 Å².